The number of hydrogen-bond acceptors (Lipinski definition) is 4. The van der Waals surface area contributed by atoms with E-state index in [0.717, 1.165) is 18.7 Å². The molecular formula is C13H18ClN5. The number of halogens is 1. The third-order valence-corrected chi connectivity index (χ3v) is 3.68. The van der Waals surface area contributed by atoms with E-state index in [4.69, 9.17) is 11.6 Å². The Morgan fingerprint density at radius 3 is 2.89 bits per heavy atom. The maximum Gasteiger partial charge on any atom is 0.243 e. The summed E-state index contributed by atoms with van der Waals surface area (Å²) in [7, 11) is 0. The zero-order valence-electron chi connectivity index (χ0n) is 10.8. The molecule has 0 saturated carbocycles. The molecule has 1 aliphatic rings. The van der Waals surface area contributed by atoms with E-state index in [9.17, 15) is 0 Å². The van der Waals surface area contributed by atoms with Crippen molar-refractivity contribution >= 4 is 23.2 Å². The van der Waals surface area contributed by atoms with Crippen LogP contribution in [-0.2, 0) is 0 Å². The van der Waals surface area contributed by atoms with Crippen molar-refractivity contribution in [3.8, 4) is 0 Å². The van der Waals surface area contributed by atoms with Crippen LogP contribution < -0.4 is 5.32 Å². The van der Waals surface area contributed by atoms with Crippen molar-refractivity contribution in [2.75, 3.05) is 31.5 Å². The minimum atomic E-state index is 0.664. The standard InChI is InChI=1S/C13H18ClN5/c14-11-4-5-12-16-13(17-19(12)10-11)15-6-9-18-7-2-1-3-8-18/h4-5,10H,1-3,6-9H2,(H,15,17). The van der Waals surface area contributed by atoms with Gasteiger partial charge in [-0.2, -0.15) is 4.98 Å². The van der Waals surface area contributed by atoms with Gasteiger partial charge in [-0.05, 0) is 38.1 Å². The number of nitrogens with zero attached hydrogens (tertiary/aromatic N) is 4. The van der Waals surface area contributed by atoms with E-state index < -0.39 is 0 Å². The molecule has 2 aromatic rings. The molecule has 3 rings (SSSR count). The van der Waals surface area contributed by atoms with Crippen LogP contribution in [0.2, 0.25) is 5.02 Å². The van der Waals surface area contributed by atoms with Crippen LogP contribution in [0.1, 0.15) is 19.3 Å². The monoisotopic (exact) mass is 279 g/mol. The van der Waals surface area contributed by atoms with Gasteiger partial charge in [0.15, 0.2) is 5.65 Å². The lowest BCUT2D eigenvalue weighted by molar-refractivity contribution is 0.237. The van der Waals surface area contributed by atoms with Gasteiger partial charge in [-0.3, -0.25) is 0 Å². The molecule has 19 heavy (non-hydrogen) atoms. The largest absolute Gasteiger partial charge is 0.352 e. The summed E-state index contributed by atoms with van der Waals surface area (Å²) in [6.07, 6.45) is 5.79. The van der Waals surface area contributed by atoms with Crippen molar-refractivity contribution in [1.29, 1.82) is 0 Å². The Hall–Kier alpha value is -1.33. The highest BCUT2D eigenvalue weighted by Gasteiger charge is 2.09. The van der Waals surface area contributed by atoms with Crippen LogP contribution in [0.25, 0.3) is 5.65 Å². The Labute approximate surface area is 117 Å². The van der Waals surface area contributed by atoms with Gasteiger partial charge in [0.2, 0.25) is 5.95 Å². The topological polar surface area (TPSA) is 45.5 Å². The van der Waals surface area contributed by atoms with E-state index in [0.29, 0.717) is 11.0 Å². The van der Waals surface area contributed by atoms with Gasteiger partial charge >= 0.3 is 0 Å². The summed E-state index contributed by atoms with van der Waals surface area (Å²) in [6, 6.07) is 3.69. The van der Waals surface area contributed by atoms with Crippen molar-refractivity contribution in [3.63, 3.8) is 0 Å². The number of hydrogen-bond donors (Lipinski definition) is 1. The molecule has 0 atom stereocenters. The van der Waals surface area contributed by atoms with Gasteiger partial charge in [-0.25, -0.2) is 4.52 Å². The molecule has 1 aliphatic heterocycles. The highest BCUT2D eigenvalue weighted by molar-refractivity contribution is 6.30. The first-order chi connectivity index (χ1) is 9.31. The number of aromatic nitrogens is 3. The van der Waals surface area contributed by atoms with E-state index in [1.165, 1.54) is 32.4 Å². The fourth-order valence-corrected chi connectivity index (χ4v) is 2.60. The van der Waals surface area contributed by atoms with E-state index in [1.54, 1.807) is 10.7 Å². The fourth-order valence-electron chi connectivity index (χ4n) is 2.44. The van der Waals surface area contributed by atoms with Crippen LogP contribution in [0.3, 0.4) is 0 Å². The summed E-state index contributed by atoms with van der Waals surface area (Å²) in [5.41, 5.74) is 0.810. The van der Waals surface area contributed by atoms with Crippen molar-refractivity contribution in [3.05, 3.63) is 23.4 Å². The lowest BCUT2D eigenvalue weighted by Crippen LogP contribution is -2.33. The maximum atomic E-state index is 5.92. The molecule has 0 unspecified atom stereocenters. The van der Waals surface area contributed by atoms with Crippen molar-refractivity contribution in [1.82, 2.24) is 19.5 Å². The quantitative estimate of drug-likeness (QED) is 0.933. The Morgan fingerprint density at radius 1 is 1.21 bits per heavy atom. The summed E-state index contributed by atoms with van der Waals surface area (Å²) in [5, 5.41) is 8.28. The van der Waals surface area contributed by atoms with Gasteiger partial charge in [0.1, 0.15) is 0 Å². The van der Waals surface area contributed by atoms with Crippen LogP contribution in [0.5, 0.6) is 0 Å². The van der Waals surface area contributed by atoms with Gasteiger partial charge < -0.3 is 10.2 Å². The highest BCUT2D eigenvalue weighted by Crippen LogP contribution is 2.11. The van der Waals surface area contributed by atoms with Crippen molar-refractivity contribution < 1.29 is 0 Å². The highest BCUT2D eigenvalue weighted by atomic mass is 35.5. The summed E-state index contributed by atoms with van der Waals surface area (Å²) < 4.78 is 1.70. The summed E-state index contributed by atoms with van der Waals surface area (Å²) in [5.74, 6) is 0.666. The van der Waals surface area contributed by atoms with Crippen LogP contribution in [-0.4, -0.2) is 45.7 Å². The first kappa shape index (κ1) is 12.7. The summed E-state index contributed by atoms with van der Waals surface area (Å²) >= 11 is 5.92. The summed E-state index contributed by atoms with van der Waals surface area (Å²) in [4.78, 5) is 6.89. The predicted molar refractivity (Wildman–Crippen MR) is 76.8 cm³/mol. The molecule has 1 fully saturated rings. The van der Waals surface area contributed by atoms with Crippen LogP contribution in [0, 0.1) is 0 Å². The van der Waals surface area contributed by atoms with E-state index in [2.05, 4.69) is 20.3 Å². The average molecular weight is 280 g/mol. The molecule has 0 spiro atoms. The minimum absolute atomic E-state index is 0.664. The Bertz CT molecular complexity index is 547. The molecule has 2 aromatic heterocycles. The molecule has 0 radical (unpaired) electrons. The molecule has 0 amide bonds. The molecule has 0 aromatic carbocycles. The number of anilines is 1. The second-order valence-electron chi connectivity index (χ2n) is 4.91. The third kappa shape index (κ3) is 3.16. The summed E-state index contributed by atoms with van der Waals surface area (Å²) in [6.45, 7) is 4.37. The van der Waals surface area contributed by atoms with E-state index in [1.807, 2.05) is 12.1 Å². The average Bonchev–Trinajstić information content (AvgIpc) is 2.82. The fraction of sp³-hybridized carbons (Fsp3) is 0.538. The van der Waals surface area contributed by atoms with Gasteiger partial charge in [0.05, 0.1) is 5.02 Å². The van der Waals surface area contributed by atoms with Crippen molar-refractivity contribution in [2.24, 2.45) is 0 Å². The molecule has 102 valence electrons. The normalized spacial score (nSPS) is 16.9. The smallest absolute Gasteiger partial charge is 0.243 e. The lowest BCUT2D eigenvalue weighted by atomic mass is 10.1. The molecule has 1 N–H and O–H groups in total. The number of rotatable bonds is 4. The molecule has 0 aliphatic carbocycles. The van der Waals surface area contributed by atoms with Gasteiger partial charge in [-0.1, -0.05) is 18.0 Å². The lowest BCUT2D eigenvalue weighted by Gasteiger charge is -2.26. The zero-order chi connectivity index (χ0) is 13.1. The maximum absolute atomic E-state index is 5.92. The second-order valence-corrected chi connectivity index (χ2v) is 5.35. The molecule has 6 heteroatoms. The molecule has 1 saturated heterocycles. The van der Waals surface area contributed by atoms with E-state index >= 15 is 0 Å². The van der Waals surface area contributed by atoms with Crippen molar-refractivity contribution in [2.45, 2.75) is 19.3 Å². The van der Waals surface area contributed by atoms with Gasteiger partial charge in [0, 0.05) is 19.3 Å². The molecular weight excluding hydrogens is 262 g/mol. The molecule has 0 bridgehead atoms. The minimum Gasteiger partial charge on any atom is -0.352 e. The number of fused-ring (bicyclic) bond motifs is 1. The number of piperidine rings is 1. The second kappa shape index (κ2) is 5.75. The van der Waals surface area contributed by atoms with Crippen LogP contribution in [0.4, 0.5) is 5.95 Å². The first-order valence-corrected chi connectivity index (χ1v) is 7.17. The Kier molecular flexibility index (Phi) is 3.84. The number of nitrogens with one attached hydrogen (secondary N) is 1. The number of pyridine rings is 1. The SMILES string of the molecule is Clc1ccc2nc(NCCN3CCCCC3)nn2c1. The zero-order valence-corrected chi connectivity index (χ0v) is 11.6. The Balaban J connectivity index is 1.56. The molecule has 5 nitrogen and oxygen atoms in total. The van der Waals surface area contributed by atoms with E-state index in [-0.39, 0.29) is 0 Å². The number of likely N-dealkylation sites (tertiary alicyclic amines) is 1. The van der Waals surface area contributed by atoms with Crippen LogP contribution >= 0.6 is 11.6 Å². The Morgan fingerprint density at radius 2 is 2.05 bits per heavy atom. The first-order valence-electron chi connectivity index (χ1n) is 6.79. The van der Waals surface area contributed by atoms with Crippen LogP contribution in [0.15, 0.2) is 18.3 Å². The molecule has 3 heterocycles. The van der Waals surface area contributed by atoms with Gasteiger partial charge in [0.25, 0.3) is 0 Å². The third-order valence-electron chi connectivity index (χ3n) is 3.45. The predicted octanol–water partition coefficient (Wildman–Crippen LogP) is 2.28. The van der Waals surface area contributed by atoms with Gasteiger partial charge in [-0.15, -0.1) is 5.10 Å².